The second kappa shape index (κ2) is 7.80. The second-order valence-electron chi connectivity index (χ2n) is 5.50. The van der Waals surface area contributed by atoms with Crippen LogP contribution in [0.25, 0.3) is 6.08 Å². The summed E-state index contributed by atoms with van der Waals surface area (Å²) in [5.74, 6) is 0.389. The van der Waals surface area contributed by atoms with E-state index >= 15 is 0 Å². The number of hydrogen-bond donors (Lipinski definition) is 1. The van der Waals surface area contributed by atoms with Crippen molar-refractivity contribution in [3.63, 3.8) is 0 Å². The minimum Gasteiger partial charge on any atom is -0.313 e. The molecule has 1 aromatic carbocycles. The zero-order chi connectivity index (χ0) is 14.4. The predicted molar refractivity (Wildman–Crippen MR) is 84.5 cm³/mol. The van der Waals surface area contributed by atoms with Gasteiger partial charge < -0.3 is 5.32 Å². The third-order valence-corrected chi connectivity index (χ3v) is 4.24. The van der Waals surface area contributed by atoms with Gasteiger partial charge in [-0.1, -0.05) is 49.4 Å². The fraction of sp³-hybridized carbons (Fsp3) is 0.529. The summed E-state index contributed by atoms with van der Waals surface area (Å²) in [4.78, 5) is 0. The number of hydrogen-bond acceptors (Lipinski definition) is 1. The van der Waals surface area contributed by atoms with Gasteiger partial charge in [0.1, 0.15) is 5.82 Å². The van der Waals surface area contributed by atoms with Gasteiger partial charge in [0.15, 0.2) is 0 Å². The van der Waals surface area contributed by atoms with Gasteiger partial charge in [0.2, 0.25) is 0 Å². The van der Waals surface area contributed by atoms with Crippen LogP contribution in [-0.2, 0) is 0 Å². The number of nitrogens with one attached hydrogen (secondary N) is 1. The van der Waals surface area contributed by atoms with Crippen molar-refractivity contribution in [1.29, 1.82) is 0 Å². The minimum absolute atomic E-state index is 0.195. The van der Waals surface area contributed by atoms with E-state index in [1.165, 1.54) is 43.7 Å². The molecular formula is C17H23ClFN. The molecule has 0 aromatic heterocycles. The van der Waals surface area contributed by atoms with Crippen LogP contribution in [0.15, 0.2) is 23.8 Å². The van der Waals surface area contributed by atoms with Crippen LogP contribution >= 0.6 is 11.6 Å². The van der Waals surface area contributed by atoms with Crippen LogP contribution in [0.5, 0.6) is 0 Å². The molecule has 20 heavy (non-hydrogen) atoms. The van der Waals surface area contributed by atoms with Gasteiger partial charge in [-0.05, 0) is 43.5 Å². The van der Waals surface area contributed by atoms with E-state index in [0.29, 0.717) is 16.5 Å². The average Bonchev–Trinajstić information content (AvgIpc) is 2.48. The molecule has 1 aliphatic carbocycles. The van der Waals surface area contributed by atoms with Gasteiger partial charge in [0.05, 0.1) is 0 Å². The van der Waals surface area contributed by atoms with E-state index in [4.69, 9.17) is 11.6 Å². The summed E-state index contributed by atoms with van der Waals surface area (Å²) in [5.41, 5.74) is 1.92. The van der Waals surface area contributed by atoms with E-state index < -0.39 is 0 Å². The van der Waals surface area contributed by atoms with Crippen molar-refractivity contribution in [2.45, 2.75) is 39.0 Å². The lowest BCUT2D eigenvalue weighted by molar-refractivity contribution is 0.397. The van der Waals surface area contributed by atoms with Gasteiger partial charge in [-0.2, -0.15) is 0 Å². The Balaban J connectivity index is 2.23. The zero-order valence-electron chi connectivity index (χ0n) is 12.1. The van der Waals surface area contributed by atoms with E-state index in [0.717, 1.165) is 13.1 Å². The third-order valence-electron chi connectivity index (χ3n) is 4.01. The molecule has 0 bridgehead atoms. The Hall–Kier alpha value is -0.860. The molecule has 1 aromatic rings. The van der Waals surface area contributed by atoms with Crippen molar-refractivity contribution in [3.8, 4) is 0 Å². The van der Waals surface area contributed by atoms with Gasteiger partial charge in [0.25, 0.3) is 0 Å². The van der Waals surface area contributed by atoms with E-state index in [2.05, 4.69) is 12.2 Å². The molecule has 110 valence electrons. The Kier molecular flexibility index (Phi) is 6.06. The monoisotopic (exact) mass is 295 g/mol. The maximum Gasteiger partial charge on any atom is 0.130 e. The van der Waals surface area contributed by atoms with Crippen molar-refractivity contribution in [2.75, 3.05) is 13.1 Å². The van der Waals surface area contributed by atoms with E-state index in [-0.39, 0.29) is 5.82 Å². The first-order chi connectivity index (χ1) is 9.70. The molecule has 2 rings (SSSR count). The molecule has 0 radical (unpaired) electrons. The second-order valence-corrected chi connectivity index (χ2v) is 5.94. The van der Waals surface area contributed by atoms with Crippen LogP contribution in [0, 0.1) is 11.7 Å². The van der Waals surface area contributed by atoms with Crippen LogP contribution in [0.4, 0.5) is 4.39 Å². The zero-order valence-corrected chi connectivity index (χ0v) is 12.8. The summed E-state index contributed by atoms with van der Waals surface area (Å²) in [6.45, 7) is 3.87. The average molecular weight is 296 g/mol. The molecule has 3 heteroatoms. The van der Waals surface area contributed by atoms with Crippen molar-refractivity contribution in [2.24, 2.45) is 5.92 Å². The van der Waals surface area contributed by atoms with Crippen LogP contribution in [0.1, 0.15) is 44.6 Å². The molecule has 1 aliphatic rings. The lowest BCUT2D eigenvalue weighted by atomic mass is 9.83. The lowest BCUT2D eigenvalue weighted by Crippen LogP contribution is -2.22. The highest BCUT2D eigenvalue weighted by molar-refractivity contribution is 6.30. The summed E-state index contributed by atoms with van der Waals surface area (Å²) in [7, 11) is 0. The molecule has 1 saturated carbocycles. The smallest absolute Gasteiger partial charge is 0.130 e. The van der Waals surface area contributed by atoms with E-state index in [9.17, 15) is 4.39 Å². The Morgan fingerprint density at radius 3 is 2.80 bits per heavy atom. The van der Waals surface area contributed by atoms with Crippen molar-refractivity contribution < 1.29 is 4.39 Å². The first kappa shape index (κ1) is 15.5. The van der Waals surface area contributed by atoms with Gasteiger partial charge in [-0.3, -0.25) is 0 Å². The summed E-state index contributed by atoms with van der Waals surface area (Å²) >= 11 is 5.98. The van der Waals surface area contributed by atoms with Crippen molar-refractivity contribution in [3.05, 3.63) is 40.2 Å². The molecule has 1 nitrogen and oxygen atoms in total. The number of likely N-dealkylation sites (N-methyl/N-ethyl adjacent to an activating group) is 1. The molecule has 0 saturated heterocycles. The number of benzene rings is 1. The Morgan fingerprint density at radius 2 is 2.10 bits per heavy atom. The maximum absolute atomic E-state index is 13.9. The molecule has 1 N–H and O–H groups in total. The summed E-state index contributed by atoms with van der Waals surface area (Å²) in [5, 5.41) is 3.96. The largest absolute Gasteiger partial charge is 0.313 e. The maximum atomic E-state index is 13.9. The van der Waals surface area contributed by atoms with E-state index in [1.807, 2.05) is 6.08 Å². The van der Waals surface area contributed by atoms with Gasteiger partial charge in [0, 0.05) is 17.1 Å². The first-order valence-electron chi connectivity index (χ1n) is 7.57. The van der Waals surface area contributed by atoms with Crippen LogP contribution in [-0.4, -0.2) is 13.1 Å². The van der Waals surface area contributed by atoms with Crippen molar-refractivity contribution in [1.82, 2.24) is 5.32 Å². The molecular weight excluding hydrogens is 273 g/mol. The SMILES string of the molecule is CCNC/C(=C/c1cc(Cl)ccc1F)C1CCCCC1. The predicted octanol–water partition coefficient (Wildman–Crippen LogP) is 5.05. The summed E-state index contributed by atoms with van der Waals surface area (Å²) in [6, 6.07) is 4.75. The highest BCUT2D eigenvalue weighted by atomic mass is 35.5. The van der Waals surface area contributed by atoms with Gasteiger partial charge in [-0.15, -0.1) is 0 Å². The third kappa shape index (κ3) is 4.32. The topological polar surface area (TPSA) is 12.0 Å². The Labute approximate surface area is 126 Å². The standard InChI is InChI=1S/C17H23ClFN/c1-2-20-12-15(13-6-4-3-5-7-13)10-14-11-16(18)8-9-17(14)19/h8-11,13,20H,2-7,12H2,1H3/b15-10-. The normalized spacial score (nSPS) is 17.4. The molecule has 0 atom stereocenters. The molecule has 0 spiro atoms. The van der Waals surface area contributed by atoms with Crippen molar-refractivity contribution >= 4 is 17.7 Å². The Bertz CT molecular complexity index is 464. The summed E-state index contributed by atoms with van der Waals surface area (Å²) < 4.78 is 13.9. The molecule has 1 fully saturated rings. The fourth-order valence-corrected chi connectivity index (χ4v) is 3.06. The van der Waals surface area contributed by atoms with Crippen LogP contribution < -0.4 is 5.32 Å². The quantitative estimate of drug-likeness (QED) is 0.801. The molecule has 0 unspecified atom stereocenters. The summed E-state index contributed by atoms with van der Waals surface area (Å²) in [6.07, 6.45) is 8.34. The highest BCUT2D eigenvalue weighted by Crippen LogP contribution is 2.31. The number of rotatable bonds is 5. The first-order valence-corrected chi connectivity index (χ1v) is 7.94. The van der Waals surface area contributed by atoms with E-state index in [1.54, 1.807) is 12.1 Å². The number of halogens is 2. The fourth-order valence-electron chi connectivity index (χ4n) is 2.88. The minimum atomic E-state index is -0.195. The molecule has 0 aliphatic heterocycles. The Morgan fingerprint density at radius 1 is 1.35 bits per heavy atom. The highest BCUT2D eigenvalue weighted by Gasteiger charge is 2.18. The van der Waals surface area contributed by atoms with Gasteiger partial charge >= 0.3 is 0 Å². The van der Waals surface area contributed by atoms with Crippen LogP contribution in [0.3, 0.4) is 0 Å². The molecule has 0 amide bonds. The van der Waals surface area contributed by atoms with Gasteiger partial charge in [-0.25, -0.2) is 4.39 Å². The molecule has 0 heterocycles. The lowest BCUT2D eigenvalue weighted by Gasteiger charge is -2.25. The van der Waals surface area contributed by atoms with Crippen LogP contribution in [0.2, 0.25) is 5.02 Å².